The second-order valence-electron chi connectivity index (χ2n) is 6.12. The van der Waals surface area contributed by atoms with Crippen molar-refractivity contribution in [1.29, 1.82) is 0 Å². The van der Waals surface area contributed by atoms with E-state index in [0.717, 1.165) is 11.1 Å². The molecule has 124 valence electrons. The molecular weight excluding hydrogens is 299 g/mol. The lowest BCUT2D eigenvalue weighted by molar-refractivity contribution is -0.121. The Balaban J connectivity index is 1.45. The second kappa shape index (κ2) is 7.10. The summed E-state index contributed by atoms with van der Waals surface area (Å²) in [4.78, 5) is 15.0. The number of carbonyl (C=O) groups is 1. The summed E-state index contributed by atoms with van der Waals surface area (Å²) in [5, 5.41) is 13.1. The summed E-state index contributed by atoms with van der Waals surface area (Å²) in [7, 11) is 0. The number of hydrogen-bond donors (Lipinski definition) is 3. The number of aromatic amines is 1. The molecule has 1 aromatic carbocycles. The van der Waals surface area contributed by atoms with Crippen LogP contribution in [0.25, 0.3) is 10.9 Å². The van der Waals surface area contributed by atoms with Gasteiger partial charge in [0, 0.05) is 30.3 Å². The highest BCUT2D eigenvalue weighted by molar-refractivity contribution is 5.88. The molecule has 2 aromatic rings. The first-order chi connectivity index (χ1) is 11.1. The Morgan fingerprint density at radius 1 is 1.48 bits per heavy atom. The number of halogens is 1. The van der Waals surface area contributed by atoms with E-state index in [9.17, 15) is 14.3 Å². The third kappa shape index (κ3) is 4.53. The molecule has 1 heterocycles. The Kier molecular flexibility index (Phi) is 4.93. The highest BCUT2D eigenvalue weighted by Gasteiger charge is 2.21. The second-order valence-corrected chi connectivity index (χ2v) is 6.12. The van der Waals surface area contributed by atoms with Crippen molar-refractivity contribution in [2.75, 3.05) is 19.8 Å². The van der Waals surface area contributed by atoms with Gasteiger partial charge in [-0.1, -0.05) is 0 Å². The first kappa shape index (κ1) is 16.0. The summed E-state index contributed by atoms with van der Waals surface area (Å²) in [5.41, 5.74) is 1.53. The van der Waals surface area contributed by atoms with Crippen LogP contribution < -0.4 is 5.32 Å². The van der Waals surface area contributed by atoms with Crippen molar-refractivity contribution in [3.8, 4) is 0 Å². The van der Waals surface area contributed by atoms with Gasteiger partial charge in [0.15, 0.2) is 0 Å². The number of carbonyl (C=O) groups excluding carboxylic acids is 1. The Bertz CT molecular complexity index is 682. The first-order valence-electron chi connectivity index (χ1n) is 7.90. The van der Waals surface area contributed by atoms with Crippen LogP contribution >= 0.6 is 0 Å². The summed E-state index contributed by atoms with van der Waals surface area (Å²) in [6.45, 7) is 1.07. The molecule has 1 atom stereocenters. The van der Waals surface area contributed by atoms with Gasteiger partial charge in [-0.15, -0.1) is 0 Å². The van der Waals surface area contributed by atoms with Gasteiger partial charge in [-0.2, -0.15) is 0 Å². The molecule has 0 saturated heterocycles. The molecule has 0 bridgehead atoms. The highest BCUT2D eigenvalue weighted by Crippen LogP contribution is 2.28. The van der Waals surface area contributed by atoms with Crippen molar-refractivity contribution >= 4 is 16.8 Å². The van der Waals surface area contributed by atoms with Crippen molar-refractivity contribution in [3.05, 3.63) is 35.8 Å². The van der Waals surface area contributed by atoms with E-state index in [2.05, 4.69) is 10.3 Å². The average Bonchev–Trinajstić information content (AvgIpc) is 3.27. The molecule has 1 saturated carbocycles. The molecule has 1 aliphatic rings. The highest BCUT2D eigenvalue weighted by atomic mass is 19.1. The summed E-state index contributed by atoms with van der Waals surface area (Å²) >= 11 is 0. The van der Waals surface area contributed by atoms with Crippen LogP contribution in [0.3, 0.4) is 0 Å². The predicted molar refractivity (Wildman–Crippen MR) is 84.5 cm³/mol. The maximum Gasteiger partial charge on any atom is 0.224 e. The number of amides is 1. The summed E-state index contributed by atoms with van der Waals surface area (Å²) in [6.07, 6.45) is 3.55. The van der Waals surface area contributed by atoms with Gasteiger partial charge in [-0.3, -0.25) is 4.79 Å². The molecular formula is C17H21FN2O3. The zero-order chi connectivity index (χ0) is 16.2. The van der Waals surface area contributed by atoms with Crippen LogP contribution in [0.15, 0.2) is 24.4 Å². The average molecular weight is 320 g/mol. The fraction of sp³-hybridized carbons (Fsp3) is 0.471. The van der Waals surface area contributed by atoms with Gasteiger partial charge < -0.3 is 20.1 Å². The molecule has 23 heavy (non-hydrogen) atoms. The lowest BCUT2D eigenvalue weighted by Gasteiger charge is -2.12. The number of nitrogens with one attached hydrogen (secondary N) is 2. The lowest BCUT2D eigenvalue weighted by atomic mass is 10.1. The van der Waals surface area contributed by atoms with Crippen LogP contribution in [0.1, 0.15) is 18.4 Å². The number of fused-ring (bicyclic) bond motifs is 1. The predicted octanol–water partition coefficient (Wildman–Crippen LogP) is 1.75. The summed E-state index contributed by atoms with van der Waals surface area (Å²) < 4.78 is 18.7. The van der Waals surface area contributed by atoms with Crippen molar-refractivity contribution in [2.24, 2.45) is 5.92 Å². The van der Waals surface area contributed by atoms with E-state index < -0.39 is 6.10 Å². The minimum Gasteiger partial charge on any atom is -0.389 e. The number of aliphatic hydroxyl groups is 1. The maximum atomic E-state index is 13.3. The van der Waals surface area contributed by atoms with Gasteiger partial charge in [0.1, 0.15) is 5.82 Å². The van der Waals surface area contributed by atoms with E-state index in [0.29, 0.717) is 17.9 Å². The van der Waals surface area contributed by atoms with E-state index >= 15 is 0 Å². The lowest BCUT2D eigenvalue weighted by Crippen LogP contribution is -2.35. The number of rotatable bonds is 8. The van der Waals surface area contributed by atoms with Gasteiger partial charge in [0.05, 0.1) is 19.1 Å². The first-order valence-corrected chi connectivity index (χ1v) is 7.90. The van der Waals surface area contributed by atoms with Crippen LogP contribution in [0.5, 0.6) is 0 Å². The van der Waals surface area contributed by atoms with Gasteiger partial charge in [-0.25, -0.2) is 4.39 Å². The summed E-state index contributed by atoms with van der Waals surface area (Å²) in [6, 6.07) is 4.43. The molecule has 1 amide bonds. The topological polar surface area (TPSA) is 74.4 Å². The molecule has 1 fully saturated rings. The van der Waals surface area contributed by atoms with Crippen LogP contribution in [0.4, 0.5) is 4.39 Å². The van der Waals surface area contributed by atoms with Gasteiger partial charge in [0.25, 0.3) is 0 Å². The molecule has 6 heteroatoms. The number of H-pyrrole nitrogens is 1. The van der Waals surface area contributed by atoms with Crippen LogP contribution in [0.2, 0.25) is 0 Å². The quantitative estimate of drug-likeness (QED) is 0.694. The minimum absolute atomic E-state index is 0.138. The Morgan fingerprint density at radius 2 is 2.30 bits per heavy atom. The number of aromatic nitrogens is 1. The van der Waals surface area contributed by atoms with Crippen molar-refractivity contribution < 1.29 is 19.0 Å². The van der Waals surface area contributed by atoms with Crippen LogP contribution in [-0.4, -0.2) is 41.9 Å². The van der Waals surface area contributed by atoms with E-state index in [-0.39, 0.29) is 31.3 Å². The van der Waals surface area contributed by atoms with Gasteiger partial charge >= 0.3 is 0 Å². The largest absolute Gasteiger partial charge is 0.389 e. The van der Waals surface area contributed by atoms with E-state index in [4.69, 9.17) is 4.74 Å². The third-order valence-corrected chi connectivity index (χ3v) is 3.98. The van der Waals surface area contributed by atoms with Gasteiger partial charge in [-0.05, 0) is 42.5 Å². The Labute approximate surface area is 133 Å². The monoisotopic (exact) mass is 320 g/mol. The SMILES string of the molecule is O=C(Cc1c[nH]c2ccc(F)cc12)NCC(O)COCC1CC1. The third-order valence-electron chi connectivity index (χ3n) is 3.98. The number of hydrogen-bond acceptors (Lipinski definition) is 3. The van der Waals surface area contributed by atoms with E-state index in [1.54, 1.807) is 12.3 Å². The van der Waals surface area contributed by atoms with Crippen molar-refractivity contribution in [3.63, 3.8) is 0 Å². The Morgan fingerprint density at radius 3 is 3.09 bits per heavy atom. The maximum absolute atomic E-state index is 13.3. The fourth-order valence-electron chi connectivity index (χ4n) is 2.48. The minimum atomic E-state index is -0.710. The molecule has 3 rings (SSSR count). The van der Waals surface area contributed by atoms with Crippen molar-refractivity contribution in [1.82, 2.24) is 10.3 Å². The van der Waals surface area contributed by atoms with E-state index in [1.807, 2.05) is 0 Å². The summed E-state index contributed by atoms with van der Waals surface area (Å²) in [5.74, 6) is 0.109. The zero-order valence-corrected chi connectivity index (χ0v) is 12.8. The fourth-order valence-corrected chi connectivity index (χ4v) is 2.48. The molecule has 0 radical (unpaired) electrons. The van der Waals surface area contributed by atoms with E-state index in [1.165, 1.54) is 25.0 Å². The van der Waals surface area contributed by atoms with Gasteiger partial charge in [0.2, 0.25) is 5.91 Å². The molecule has 0 spiro atoms. The number of aliphatic hydroxyl groups excluding tert-OH is 1. The molecule has 3 N–H and O–H groups in total. The molecule has 0 aliphatic heterocycles. The molecule has 1 aliphatic carbocycles. The molecule has 1 aromatic heterocycles. The van der Waals surface area contributed by atoms with Crippen molar-refractivity contribution in [2.45, 2.75) is 25.4 Å². The number of ether oxygens (including phenoxy) is 1. The molecule has 5 nitrogen and oxygen atoms in total. The Hall–Kier alpha value is -1.92. The van der Waals surface area contributed by atoms with Crippen LogP contribution in [-0.2, 0) is 16.0 Å². The number of benzene rings is 1. The van der Waals surface area contributed by atoms with Crippen LogP contribution in [0, 0.1) is 11.7 Å². The normalized spacial score (nSPS) is 15.7. The zero-order valence-electron chi connectivity index (χ0n) is 12.8. The molecule has 1 unspecified atom stereocenters. The standard InChI is InChI=1S/C17H21FN2O3/c18-13-3-4-16-15(6-13)12(7-19-16)5-17(22)20-8-14(21)10-23-9-11-1-2-11/h3-4,6-7,11,14,19,21H,1-2,5,8-10H2,(H,20,22). The smallest absolute Gasteiger partial charge is 0.224 e.